The van der Waals surface area contributed by atoms with Gasteiger partial charge in [-0.05, 0) is 19.3 Å². The van der Waals surface area contributed by atoms with Crippen LogP contribution in [-0.2, 0) is 9.84 Å². The SMILES string of the molecule is CS(=O)(=O)C1CCCC(NN)C1. The highest BCUT2D eigenvalue weighted by atomic mass is 32.2. The number of hydrazine groups is 1. The van der Waals surface area contributed by atoms with E-state index in [0.717, 1.165) is 19.3 Å². The first-order valence-electron chi connectivity index (χ1n) is 4.19. The van der Waals surface area contributed by atoms with Gasteiger partial charge >= 0.3 is 0 Å². The summed E-state index contributed by atoms with van der Waals surface area (Å²) in [6.07, 6.45) is 4.69. The molecule has 1 saturated carbocycles. The normalized spacial score (nSPS) is 31.8. The van der Waals surface area contributed by atoms with Crippen LogP contribution in [0, 0.1) is 0 Å². The van der Waals surface area contributed by atoms with Gasteiger partial charge in [-0.15, -0.1) is 0 Å². The van der Waals surface area contributed by atoms with Crippen LogP contribution in [0.1, 0.15) is 25.7 Å². The average Bonchev–Trinajstić information content (AvgIpc) is 2.03. The molecule has 0 aromatic carbocycles. The summed E-state index contributed by atoms with van der Waals surface area (Å²) in [7, 11) is -2.86. The van der Waals surface area contributed by atoms with Gasteiger partial charge in [0.1, 0.15) is 9.84 Å². The maximum Gasteiger partial charge on any atom is 0.150 e. The van der Waals surface area contributed by atoms with Crippen LogP contribution in [0.4, 0.5) is 0 Å². The second kappa shape index (κ2) is 3.72. The van der Waals surface area contributed by atoms with Crippen molar-refractivity contribution in [3.8, 4) is 0 Å². The lowest BCUT2D eigenvalue weighted by Gasteiger charge is -2.27. The molecular weight excluding hydrogens is 176 g/mol. The standard InChI is InChI=1S/C7H16N2O2S/c1-12(10,11)7-4-2-3-6(5-7)9-8/h6-7,9H,2-5,8H2,1H3. The molecule has 1 aliphatic rings. The Morgan fingerprint density at radius 3 is 2.58 bits per heavy atom. The Kier molecular flexibility index (Phi) is 3.09. The summed E-state index contributed by atoms with van der Waals surface area (Å²) in [6.45, 7) is 0. The van der Waals surface area contributed by atoms with Crippen molar-refractivity contribution in [3.63, 3.8) is 0 Å². The molecule has 2 unspecified atom stereocenters. The molecule has 2 atom stereocenters. The van der Waals surface area contributed by atoms with Gasteiger partial charge in [-0.1, -0.05) is 6.42 Å². The minimum atomic E-state index is -2.86. The molecule has 1 fully saturated rings. The molecule has 0 aromatic rings. The second-order valence-corrected chi connectivity index (χ2v) is 5.81. The first-order chi connectivity index (χ1) is 5.54. The van der Waals surface area contributed by atoms with Gasteiger partial charge in [0.2, 0.25) is 0 Å². The molecule has 0 aromatic heterocycles. The van der Waals surface area contributed by atoms with Crippen LogP contribution in [0.5, 0.6) is 0 Å². The Morgan fingerprint density at radius 1 is 1.42 bits per heavy atom. The lowest BCUT2D eigenvalue weighted by molar-refractivity contribution is 0.377. The smallest absolute Gasteiger partial charge is 0.150 e. The molecule has 1 rings (SSSR count). The molecule has 0 saturated heterocycles. The van der Waals surface area contributed by atoms with Gasteiger partial charge < -0.3 is 0 Å². The molecule has 5 heteroatoms. The summed E-state index contributed by atoms with van der Waals surface area (Å²) in [4.78, 5) is 0. The van der Waals surface area contributed by atoms with Crippen LogP contribution in [0.15, 0.2) is 0 Å². The van der Waals surface area contributed by atoms with Crippen molar-refractivity contribution in [1.29, 1.82) is 0 Å². The van der Waals surface area contributed by atoms with Crippen molar-refractivity contribution in [2.75, 3.05) is 6.26 Å². The van der Waals surface area contributed by atoms with Crippen molar-refractivity contribution in [1.82, 2.24) is 5.43 Å². The van der Waals surface area contributed by atoms with Gasteiger partial charge in [-0.25, -0.2) is 8.42 Å². The molecular formula is C7H16N2O2S. The number of hydrogen-bond acceptors (Lipinski definition) is 4. The summed E-state index contributed by atoms with van der Waals surface area (Å²) in [5, 5.41) is -0.188. The second-order valence-electron chi connectivity index (χ2n) is 3.48. The molecule has 72 valence electrons. The van der Waals surface area contributed by atoms with Gasteiger partial charge in [0, 0.05) is 12.3 Å². The Morgan fingerprint density at radius 2 is 2.08 bits per heavy atom. The van der Waals surface area contributed by atoms with E-state index in [2.05, 4.69) is 5.43 Å². The molecule has 4 nitrogen and oxygen atoms in total. The summed E-state index contributed by atoms with van der Waals surface area (Å²) in [6, 6.07) is 0.179. The van der Waals surface area contributed by atoms with E-state index in [1.807, 2.05) is 0 Å². The van der Waals surface area contributed by atoms with E-state index in [4.69, 9.17) is 5.84 Å². The average molecular weight is 192 g/mol. The first-order valence-corrected chi connectivity index (χ1v) is 6.14. The van der Waals surface area contributed by atoms with E-state index < -0.39 is 9.84 Å². The topological polar surface area (TPSA) is 72.2 Å². The highest BCUT2D eigenvalue weighted by Gasteiger charge is 2.27. The lowest BCUT2D eigenvalue weighted by atomic mass is 9.96. The lowest BCUT2D eigenvalue weighted by Crippen LogP contribution is -2.42. The third kappa shape index (κ3) is 2.43. The van der Waals surface area contributed by atoms with E-state index in [1.165, 1.54) is 6.26 Å². The zero-order valence-corrected chi connectivity index (χ0v) is 8.10. The van der Waals surface area contributed by atoms with Crippen LogP contribution < -0.4 is 11.3 Å². The zero-order chi connectivity index (χ0) is 9.19. The van der Waals surface area contributed by atoms with Crippen molar-refractivity contribution < 1.29 is 8.42 Å². The fraction of sp³-hybridized carbons (Fsp3) is 1.00. The van der Waals surface area contributed by atoms with Crippen LogP contribution >= 0.6 is 0 Å². The Bertz CT molecular complexity index is 238. The van der Waals surface area contributed by atoms with Crippen LogP contribution in [0.25, 0.3) is 0 Å². The van der Waals surface area contributed by atoms with Crippen molar-refractivity contribution in [3.05, 3.63) is 0 Å². The zero-order valence-electron chi connectivity index (χ0n) is 7.29. The summed E-state index contributed by atoms with van der Waals surface area (Å²) in [5.74, 6) is 5.26. The quantitative estimate of drug-likeness (QED) is 0.470. The Hall–Kier alpha value is -0.130. The predicted molar refractivity (Wildman–Crippen MR) is 48.2 cm³/mol. The van der Waals surface area contributed by atoms with E-state index in [-0.39, 0.29) is 11.3 Å². The van der Waals surface area contributed by atoms with E-state index in [0.29, 0.717) is 6.42 Å². The third-order valence-corrected chi connectivity index (χ3v) is 4.11. The molecule has 0 spiro atoms. The van der Waals surface area contributed by atoms with Crippen LogP contribution in [0.3, 0.4) is 0 Å². The van der Waals surface area contributed by atoms with Crippen molar-refractivity contribution >= 4 is 9.84 Å². The molecule has 3 N–H and O–H groups in total. The molecule has 0 bridgehead atoms. The van der Waals surface area contributed by atoms with Gasteiger partial charge in [-0.2, -0.15) is 0 Å². The molecule has 0 radical (unpaired) electrons. The van der Waals surface area contributed by atoms with Crippen molar-refractivity contribution in [2.24, 2.45) is 5.84 Å². The Labute approximate surface area is 73.4 Å². The fourth-order valence-corrected chi connectivity index (χ4v) is 2.86. The fourth-order valence-electron chi connectivity index (χ4n) is 1.69. The maximum absolute atomic E-state index is 11.2. The van der Waals surface area contributed by atoms with Gasteiger partial charge in [0.15, 0.2) is 0 Å². The first kappa shape index (κ1) is 9.95. The maximum atomic E-state index is 11.2. The molecule has 0 heterocycles. The summed E-state index contributed by atoms with van der Waals surface area (Å²) in [5.41, 5.74) is 2.64. The van der Waals surface area contributed by atoms with Gasteiger partial charge in [0.25, 0.3) is 0 Å². The highest BCUT2D eigenvalue weighted by Crippen LogP contribution is 2.23. The van der Waals surface area contributed by atoms with E-state index >= 15 is 0 Å². The molecule has 12 heavy (non-hydrogen) atoms. The third-order valence-electron chi connectivity index (χ3n) is 2.47. The number of sulfone groups is 1. The minimum Gasteiger partial charge on any atom is -0.271 e. The van der Waals surface area contributed by atoms with E-state index in [9.17, 15) is 8.42 Å². The van der Waals surface area contributed by atoms with Crippen LogP contribution in [0.2, 0.25) is 0 Å². The number of nitrogens with two attached hydrogens (primary N) is 1. The number of hydrogen-bond donors (Lipinski definition) is 2. The number of nitrogens with one attached hydrogen (secondary N) is 1. The molecule has 1 aliphatic carbocycles. The predicted octanol–water partition coefficient (Wildman–Crippen LogP) is -0.194. The summed E-state index contributed by atoms with van der Waals surface area (Å²) >= 11 is 0. The highest BCUT2D eigenvalue weighted by molar-refractivity contribution is 7.91. The summed E-state index contributed by atoms with van der Waals surface area (Å²) < 4.78 is 22.4. The largest absolute Gasteiger partial charge is 0.271 e. The van der Waals surface area contributed by atoms with Gasteiger partial charge in [0.05, 0.1) is 5.25 Å². The Balaban J connectivity index is 2.58. The molecule has 0 aliphatic heterocycles. The molecule has 0 amide bonds. The van der Waals surface area contributed by atoms with Crippen LogP contribution in [-0.4, -0.2) is 26.0 Å². The van der Waals surface area contributed by atoms with E-state index in [1.54, 1.807) is 0 Å². The monoisotopic (exact) mass is 192 g/mol. The van der Waals surface area contributed by atoms with Crippen molar-refractivity contribution in [2.45, 2.75) is 37.0 Å². The minimum absolute atomic E-state index is 0.179. The number of rotatable bonds is 2. The van der Waals surface area contributed by atoms with Gasteiger partial charge in [-0.3, -0.25) is 11.3 Å².